The van der Waals surface area contributed by atoms with Crippen LogP contribution in [0.5, 0.6) is 0 Å². The van der Waals surface area contributed by atoms with Crippen molar-refractivity contribution < 1.29 is 0 Å². The first kappa shape index (κ1) is 12.4. The van der Waals surface area contributed by atoms with Gasteiger partial charge < -0.3 is 0 Å². The van der Waals surface area contributed by atoms with Gasteiger partial charge in [0.25, 0.3) is 0 Å². The topological polar surface area (TPSA) is 0 Å². The van der Waals surface area contributed by atoms with Gasteiger partial charge in [0, 0.05) is 9.58 Å². The van der Waals surface area contributed by atoms with E-state index in [9.17, 15) is 0 Å². The molecule has 0 N–H and O–H groups in total. The van der Waals surface area contributed by atoms with Crippen LogP contribution in [0.2, 0.25) is 0 Å². The van der Waals surface area contributed by atoms with E-state index in [-0.39, 0.29) is 0 Å². The first-order valence-corrected chi connectivity index (χ1v) is 7.44. The molecule has 0 spiro atoms. The Bertz CT molecular complexity index is 739. The second-order valence-electron chi connectivity index (χ2n) is 5.39. The lowest BCUT2D eigenvalue weighted by atomic mass is 10.00. The summed E-state index contributed by atoms with van der Waals surface area (Å²) in [6.45, 7) is 8.74. The molecule has 19 heavy (non-hydrogen) atoms. The van der Waals surface area contributed by atoms with E-state index in [4.69, 9.17) is 0 Å². The Labute approximate surface area is 118 Å². The molecule has 0 fully saturated rings. The molecule has 1 heterocycles. The van der Waals surface area contributed by atoms with E-state index in [1.807, 2.05) is 11.3 Å². The molecule has 3 aromatic rings. The van der Waals surface area contributed by atoms with Crippen molar-refractivity contribution in [3.63, 3.8) is 0 Å². The van der Waals surface area contributed by atoms with Gasteiger partial charge in [-0.3, -0.25) is 0 Å². The number of aryl methyl sites for hydroxylation is 3. The van der Waals surface area contributed by atoms with Gasteiger partial charge in [-0.05, 0) is 67.5 Å². The summed E-state index contributed by atoms with van der Waals surface area (Å²) < 4.78 is 1.37. The third kappa shape index (κ3) is 2.19. The van der Waals surface area contributed by atoms with E-state index in [1.54, 1.807) is 0 Å². The van der Waals surface area contributed by atoms with Crippen LogP contribution in [0.1, 0.15) is 22.3 Å². The van der Waals surface area contributed by atoms with Crippen molar-refractivity contribution in [3.8, 4) is 10.4 Å². The Balaban J connectivity index is 2.19. The maximum absolute atomic E-state index is 2.32. The first-order valence-electron chi connectivity index (χ1n) is 6.63. The monoisotopic (exact) mass is 266 g/mol. The highest BCUT2D eigenvalue weighted by molar-refractivity contribution is 7.22. The van der Waals surface area contributed by atoms with Gasteiger partial charge in [0.1, 0.15) is 0 Å². The predicted octanol–water partition coefficient (Wildman–Crippen LogP) is 5.80. The van der Waals surface area contributed by atoms with Crippen molar-refractivity contribution in [2.75, 3.05) is 0 Å². The van der Waals surface area contributed by atoms with Gasteiger partial charge in [-0.2, -0.15) is 0 Å². The average Bonchev–Trinajstić information content (AvgIpc) is 2.78. The van der Waals surface area contributed by atoms with Gasteiger partial charge in [-0.25, -0.2) is 0 Å². The maximum atomic E-state index is 2.32. The fourth-order valence-electron chi connectivity index (χ4n) is 2.48. The summed E-state index contributed by atoms with van der Waals surface area (Å²) in [6, 6.07) is 13.6. The van der Waals surface area contributed by atoms with Crippen molar-refractivity contribution in [2.45, 2.75) is 27.7 Å². The zero-order valence-corrected chi connectivity index (χ0v) is 12.7. The molecular weight excluding hydrogens is 248 g/mol. The van der Waals surface area contributed by atoms with Crippen LogP contribution in [0.3, 0.4) is 0 Å². The van der Waals surface area contributed by atoms with Crippen molar-refractivity contribution in [1.82, 2.24) is 0 Å². The number of rotatable bonds is 1. The highest BCUT2D eigenvalue weighted by Crippen LogP contribution is 2.35. The van der Waals surface area contributed by atoms with Gasteiger partial charge in [-0.15, -0.1) is 11.3 Å². The molecule has 0 aliphatic heterocycles. The number of fused-ring (bicyclic) bond motifs is 1. The van der Waals surface area contributed by atoms with E-state index in [1.165, 1.54) is 42.8 Å². The summed E-state index contributed by atoms with van der Waals surface area (Å²) in [5.74, 6) is 0. The lowest BCUT2D eigenvalue weighted by molar-refractivity contribution is 1.27. The van der Waals surface area contributed by atoms with E-state index < -0.39 is 0 Å². The molecule has 0 aliphatic carbocycles. The van der Waals surface area contributed by atoms with E-state index in [2.05, 4.69) is 64.1 Å². The highest BCUT2D eigenvalue weighted by atomic mass is 32.1. The molecule has 0 amide bonds. The first-order chi connectivity index (χ1) is 9.04. The molecular formula is C18H18S. The van der Waals surface area contributed by atoms with Crippen LogP contribution < -0.4 is 0 Å². The quantitative estimate of drug-likeness (QED) is 0.522. The van der Waals surface area contributed by atoms with Crippen molar-refractivity contribution >= 4 is 21.4 Å². The smallest absolute Gasteiger partial charge is 0.0355 e. The zero-order valence-electron chi connectivity index (χ0n) is 11.9. The lowest BCUT2D eigenvalue weighted by Gasteiger charge is -2.07. The molecule has 0 saturated carbocycles. The van der Waals surface area contributed by atoms with Gasteiger partial charge in [-0.1, -0.05) is 29.8 Å². The number of thiophene rings is 1. The molecule has 0 aliphatic rings. The summed E-state index contributed by atoms with van der Waals surface area (Å²) in [6.07, 6.45) is 0. The zero-order chi connectivity index (χ0) is 13.6. The second kappa shape index (κ2) is 4.50. The maximum Gasteiger partial charge on any atom is 0.0355 e. The van der Waals surface area contributed by atoms with Gasteiger partial charge in [0.05, 0.1) is 0 Å². The van der Waals surface area contributed by atoms with Crippen LogP contribution in [0, 0.1) is 27.7 Å². The van der Waals surface area contributed by atoms with E-state index >= 15 is 0 Å². The van der Waals surface area contributed by atoms with Gasteiger partial charge in [0.2, 0.25) is 0 Å². The fraction of sp³-hybridized carbons (Fsp3) is 0.222. The fourth-order valence-corrected chi connectivity index (χ4v) is 3.51. The van der Waals surface area contributed by atoms with Gasteiger partial charge in [0.15, 0.2) is 0 Å². The summed E-state index contributed by atoms with van der Waals surface area (Å²) in [5, 5.41) is 1.36. The highest BCUT2D eigenvalue weighted by Gasteiger charge is 2.07. The SMILES string of the molecule is Cc1ccc2sc(-c3cc(C)c(C)c(C)c3)cc2c1. The molecule has 1 aromatic heterocycles. The summed E-state index contributed by atoms with van der Waals surface area (Å²) in [7, 11) is 0. The van der Waals surface area contributed by atoms with Crippen LogP contribution >= 0.6 is 11.3 Å². The largest absolute Gasteiger partial charge is 0.135 e. The molecule has 0 bridgehead atoms. The Kier molecular flexibility index (Phi) is 2.94. The van der Waals surface area contributed by atoms with Gasteiger partial charge >= 0.3 is 0 Å². The van der Waals surface area contributed by atoms with Crippen LogP contribution in [0.4, 0.5) is 0 Å². The standard InChI is InChI=1S/C18H18S/c1-11-5-6-17-15(7-11)10-18(19-17)16-8-12(2)14(4)13(3)9-16/h5-10H,1-4H3. The molecule has 0 radical (unpaired) electrons. The lowest BCUT2D eigenvalue weighted by Crippen LogP contribution is -1.87. The minimum atomic E-state index is 1.33. The van der Waals surface area contributed by atoms with E-state index in [0.29, 0.717) is 0 Å². The van der Waals surface area contributed by atoms with E-state index in [0.717, 1.165) is 0 Å². The third-order valence-electron chi connectivity index (χ3n) is 3.88. The number of hydrogen-bond acceptors (Lipinski definition) is 1. The summed E-state index contributed by atoms with van der Waals surface area (Å²) >= 11 is 1.88. The van der Waals surface area contributed by atoms with Crippen LogP contribution in [-0.2, 0) is 0 Å². The third-order valence-corrected chi connectivity index (χ3v) is 5.05. The molecule has 3 rings (SSSR count). The molecule has 0 atom stereocenters. The Morgan fingerprint density at radius 3 is 2.16 bits per heavy atom. The molecule has 0 saturated heterocycles. The molecule has 0 nitrogen and oxygen atoms in total. The normalized spacial score (nSPS) is 11.2. The summed E-state index contributed by atoms with van der Waals surface area (Å²) in [5.41, 5.74) is 6.83. The molecule has 96 valence electrons. The minimum Gasteiger partial charge on any atom is -0.135 e. The van der Waals surface area contributed by atoms with Crippen molar-refractivity contribution in [1.29, 1.82) is 0 Å². The van der Waals surface area contributed by atoms with Crippen molar-refractivity contribution in [3.05, 3.63) is 58.7 Å². The molecule has 2 aromatic carbocycles. The average molecular weight is 266 g/mol. The summed E-state index contributed by atoms with van der Waals surface area (Å²) in [4.78, 5) is 1.37. The molecule has 1 heteroatoms. The Morgan fingerprint density at radius 1 is 0.789 bits per heavy atom. The van der Waals surface area contributed by atoms with Crippen LogP contribution in [0.25, 0.3) is 20.5 Å². The predicted molar refractivity (Wildman–Crippen MR) is 86.2 cm³/mol. The van der Waals surface area contributed by atoms with Crippen molar-refractivity contribution in [2.24, 2.45) is 0 Å². The molecule has 0 unspecified atom stereocenters. The van der Waals surface area contributed by atoms with Crippen LogP contribution in [0.15, 0.2) is 36.4 Å². The number of hydrogen-bond donors (Lipinski definition) is 0. The minimum absolute atomic E-state index is 1.33. The second-order valence-corrected chi connectivity index (χ2v) is 6.47. The Hall–Kier alpha value is -1.60. The Morgan fingerprint density at radius 2 is 1.47 bits per heavy atom. The van der Waals surface area contributed by atoms with Crippen LogP contribution in [-0.4, -0.2) is 0 Å². The number of benzene rings is 2.